The lowest BCUT2D eigenvalue weighted by Gasteiger charge is -2.45. The highest BCUT2D eigenvalue weighted by molar-refractivity contribution is 5.18. The van der Waals surface area contributed by atoms with Gasteiger partial charge in [0.15, 0.2) is 0 Å². The van der Waals surface area contributed by atoms with Crippen molar-refractivity contribution in [3.05, 3.63) is 35.9 Å². The molecule has 0 amide bonds. The van der Waals surface area contributed by atoms with Gasteiger partial charge in [-0.25, -0.2) is 0 Å². The predicted molar refractivity (Wildman–Crippen MR) is 70.9 cm³/mol. The maximum absolute atomic E-state index is 2.69. The number of benzene rings is 1. The molecule has 1 nitrogen and oxygen atoms in total. The molecule has 0 aromatic heterocycles. The Hall–Kier alpha value is -0.530. The van der Waals surface area contributed by atoms with Crippen molar-refractivity contribution in [3.63, 3.8) is 0 Å². The Labute approximate surface area is 117 Å². The van der Waals surface area contributed by atoms with Crippen LogP contribution in [0.1, 0.15) is 44.1 Å². The van der Waals surface area contributed by atoms with Crippen molar-refractivity contribution < 1.29 is 17.7 Å². The zero-order valence-corrected chi connectivity index (χ0v) is 11.8. The average Bonchev–Trinajstić information content (AvgIpc) is 2.39. The second kappa shape index (κ2) is 6.08. The molecular weight excluding hydrogens is 242 g/mol. The lowest BCUT2D eigenvalue weighted by molar-refractivity contribution is -0.746. The minimum Gasteiger partial charge on any atom is -1.00 e. The molecule has 0 spiro atoms. The normalized spacial score (nSPS) is 31.2. The summed E-state index contributed by atoms with van der Waals surface area (Å²) < 4.78 is 0. The number of rotatable bonds is 2. The van der Waals surface area contributed by atoms with Crippen molar-refractivity contribution in [2.75, 3.05) is 6.54 Å². The average molecular weight is 266 g/mol. The Bertz CT molecular complexity index is 351. The summed E-state index contributed by atoms with van der Waals surface area (Å²) in [6.45, 7) is 1.35. The maximum atomic E-state index is 2.69. The van der Waals surface area contributed by atoms with Crippen molar-refractivity contribution in [2.24, 2.45) is 5.92 Å². The Morgan fingerprint density at radius 2 is 1.83 bits per heavy atom. The van der Waals surface area contributed by atoms with Crippen LogP contribution < -0.4 is 17.7 Å². The van der Waals surface area contributed by atoms with E-state index in [-0.39, 0.29) is 12.4 Å². The van der Waals surface area contributed by atoms with E-state index in [9.17, 15) is 0 Å². The van der Waals surface area contributed by atoms with Gasteiger partial charge in [-0.3, -0.25) is 0 Å². The first-order valence-electron chi connectivity index (χ1n) is 7.27. The van der Waals surface area contributed by atoms with Crippen LogP contribution in [0.25, 0.3) is 0 Å². The number of fused-ring (bicyclic) bond motifs is 1. The van der Waals surface area contributed by atoms with E-state index < -0.39 is 0 Å². The molecule has 0 unspecified atom stereocenters. The number of nitrogens with two attached hydrogens (primary N) is 1. The SMILES string of the molecule is [Cl-].c1ccc(C[C@]23CCCC[C@H]2CCC[NH2+]3)cc1. The molecule has 18 heavy (non-hydrogen) atoms. The molecule has 2 fully saturated rings. The summed E-state index contributed by atoms with van der Waals surface area (Å²) in [5, 5.41) is 2.69. The van der Waals surface area contributed by atoms with Crippen LogP contribution in [0.3, 0.4) is 0 Å². The Kier molecular flexibility index (Phi) is 4.69. The molecule has 3 rings (SSSR count). The van der Waals surface area contributed by atoms with Crippen LogP contribution in [-0.2, 0) is 6.42 Å². The van der Waals surface area contributed by atoms with E-state index in [1.807, 2.05) is 0 Å². The van der Waals surface area contributed by atoms with Gasteiger partial charge in [0.05, 0.1) is 6.54 Å². The molecule has 2 atom stereocenters. The van der Waals surface area contributed by atoms with E-state index >= 15 is 0 Å². The summed E-state index contributed by atoms with van der Waals surface area (Å²) in [5.74, 6) is 0.977. The van der Waals surface area contributed by atoms with Gasteiger partial charge in [0.25, 0.3) is 0 Å². The van der Waals surface area contributed by atoms with Crippen LogP contribution in [0.15, 0.2) is 30.3 Å². The van der Waals surface area contributed by atoms with Gasteiger partial charge in [-0.1, -0.05) is 36.8 Å². The fourth-order valence-electron chi connectivity index (χ4n) is 4.07. The maximum Gasteiger partial charge on any atom is 0.103 e. The summed E-state index contributed by atoms with van der Waals surface area (Å²) in [6, 6.07) is 11.1. The first-order valence-corrected chi connectivity index (χ1v) is 7.27. The summed E-state index contributed by atoms with van der Waals surface area (Å²) in [4.78, 5) is 0. The Morgan fingerprint density at radius 1 is 1.06 bits per heavy atom. The van der Waals surface area contributed by atoms with Crippen LogP contribution in [0.5, 0.6) is 0 Å². The van der Waals surface area contributed by atoms with Gasteiger partial charge < -0.3 is 17.7 Å². The minimum absolute atomic E-state index is 0. The number of piperidine rings is 1. The third kappa shape index (κ3) is 2.73. The molecule has 1 aromatic rings. The largest absolute Gasteiger partial charge is 1.00 e. The summed E-state index contributed by atoms with van der Waals surface area (Å²) in [7, 11) is 0. The van der Waals surface area contributed by atoms with E-state index in [1.165, 1.54) is 57.1 Å². The number of halogens is 1. The molecule has 2 heteroatoms. The lowest BCUT2D eigenvalue weighted by atomic mass is 9.66. The van der Waals surface area contributed by atoms with Crippen molar-refractivity contribution in [1.82, 2.24) is 0 Å². The molecule has 1 aromatic carbocycles. The second-order valence-electron chi connectivity index (χ2n) is 5.97. The first-order chi connectivity index (χ1) is 8.39. The van der Waals surface area contributed by atoms with Gasteiger partial charge >= 0.3 is 0 Å². The van der Waals surface area contributed by atoms with Crippen LogP contribution in [0.2, 0.25) is 0 Å². The van der Waals surface area contributed by atoms with Gasteiger partial charge in [-0.2, -0.15) is 0 Å². The Balaban J connectivity index is 0.00000120. The zero-order valence-electron chi connectivity index (χ0n) is 11.1. The minimum atomic E-state index is 0. The quantitative estimate of drug-likeness (QED) is 0.744. The van der Waals surface area contributed by atoms with Crippen LogP contribution in [0, 0.1) is 5.92 Å². The fourth-order valence-corrected chi connectivity index (χ4v) is 4.07. The van der Waals surface area contributed by atoms with E-state index in [2.05, 4.69) is 35.6 Å². The smallest absolute Gasteiger partial charge is 0.103 e. The van der Waals surface area contributed by atoms with Gasteiger partial charge in [-0.15, -0.1) is 0 Å². The summed E-state index contributed by atoms with van der Waals surface area (Å²) in [5.41, 5.74) is 2.09. The van der Waals surface area contributed by atoms with E-state index in [0.29, 0.717) is 5.54 Å². The molecule has 1 saturated carbocycles. The van der Waals surface area contributed by atoms with E-state index in [0.717, 1.165) is 5.92 Å². The highest BCUT2D eigenvalue weighted by Crippen LogP contribution is 2.37. The van der Waals surface area contributed by atoms with Crippen LogP contribution >= 0.6 is 0 Å². The third-order valence-electron chi connectivity index (χ3n) is 4.94. The number of hydrogen-bond donors (Lipinski definition) is 1. The topological polar surface area (TPSA) is 16.6 Å². The predicted octanol–water partition coefficient (Wildman–Crippen LogP) is -0.481. The fraction of sp³-hybridized carbons (Fsp3) is 0.625. The molecule has 2 N–H and O–H groups in total. The van der Waals surface area contributed by atoms with Crippen molar-refractivity contribution >= 4 is 0 Å². The van der Waals surface area contributed by atoms with E-state index in [4.69, 9.17) is 0 Å². The highest BCUT2D eigenvalue weighted by Gasteiger charge is 2.45. The van der Waals surface area contributed by atoms with E-state index in [1.54, 1.807) is 0 Å². The van der Waals surface area contributed by atoms with Gasteiger partial charge in [-0.05, 0) is 31.2 Å². The highest BCUT2D eigenvalue weighted by atomic mass is 35.5. The molecule has 1 saturated heterocycles. The lowest BCUT2D eigenvalue weighted by Crippen LogP contribution is -3.01. The van der Waals surface area contributed by atoms with Crippen molar-refractivity contribution in [3.8, 4) is 0 Å². The standard InChI is InChI=1S/C16H23N.ClH/c1-2-7-14(8-3-1)13-16-11-5-4-9-15(16)10-6-12-17-16;/h1-3,7-8,15,17H,4-6,9-13H2;1H/t15-,16+;/m0./s1. The number of hydrogen-bond acceptors (Lipinski definition) is 0. The second-order valence-corrected chi connectivity index (χ2v) is 5.97. The van der Waals surface area contributed by atoms with Crippen LogP contribution in [0.4, 0.5) is 0 Å². The summed E-state index contributed by atoms with van der Waals surface area (Å²) >= 11 is 0. The zero-order chi connectivity index (χ0) is 11.6. The van der Waals surface area contributed by atoms with Gasteiger partial charge in [0, 0.05) is 18.8 Å². The molecule has 1 heterocycles. The third-order valence-corrected chi connectivity index (χ3v) is 4.94. The molecule has 0 radical (unpaired) electrons. The first kappa shape index (κ1) is 13.9. The molecule has 100 valence electrons. The van der Waals surface area contributed by atoms with Gasteiger partial charge in [0.1, 0.15) is 5.54 Å². The van der Waals surface area contributed by atoms with Gasteiger partial charge in [0.2, 0.25) is 0 Å². The monoisotopic (exact) mass is 265 g/mol. The Morgan fingerprint density at radius 3 is 2.67 bits per heavy atom. The molecule has 2 aliphatic rings. The van der Waals surface area contributed by atoms with Crippen LogP contribution in [-0.4, -0.2) is 12.1 Å². The summed E-state index contributed by atoms with van der Waals surface area (Å²) in [6.07, 6.45) is 10.0. The molecule has 0 bridgehead atoms. The molecule has 1 aliphatic heterocycles. The van der Waals surface area contributed by atoms with Crippen molar-refractivity contribution in [1.29, 1.82) is 0 Å². The molecule has 1 aliphatic carbocycles. The number of quaternary nitrogens is 1. The molecular formula is C16H24ClN. The van der Waals surface area contributed by atoms with Crippen molar-refractivity contribution in [2.45, 2.75) is 50.5 Å².